The SMILES string of the molecule is CCc1ccc2nc(NC(=O)COc3ccc(C)cc3C)sc2c1. The molecular weight excluding hydrogens is 320 g/mol. The molecule has 1 heterocycles. The van der Waals surface area contributed by atoms with Gasteiger partial charge < -0.3 is 4.74 Å². The highest BCUT2D eigenvalue weighted by molar-refractivity contribution is 7.22. The number of anilines is 1. The fraction of sp³-hybridized carbons (Fsp3) is 0.263. The van der Waals surface area contributed by atoms with Crippen molar-refractivity contribution in [2.75, 3.05) is 11.9 Å². The van der Waals surface area contributed by atoms with Gasteiger partial charge in [0.25, 0.3) is 5.91 Å². The van der Waals surface area contributed by atoms with Gasteiger partial charge in [-0.25, -0.2) is 4.98 Å². The van der Waals surface area contributed by atoms with Gasteiger partial charge >= 0.3 is 0 Å². The number of ether oxygens (including phenoxy) is 1. The third-order valence-electron chi connectivity index (χ3n) is 3.80. The number of rotatable bonds is 5. The number of hydrogen-bond acceptors (Lipinski definition) is 4. The molecule has 0 fully saturated rings. The number of thiazole rings is 1. The molecule has 4 nitrogen and oxygen atoms in total. The van der Waals surface area contributed by atoms with E-state index in [0.717, 1.165) is 28.0 Å². The average molecular weight is 340 g/mol. The summed E-state index contributed by atoms with van der Waals surface area (Å²) < 4.78 is 6.68. The zero-order valence-electron chi connectivity index (χ0n) is 14.1. The van der Waals surface area contributed by atoms with E-state index in [0.29, 0.717) is 5.13 Å². The molecule has 1 amide bonds. The maximum absolute atomic E-state index is 12.1. The third kappa shape index (κ3) is 3.74. The van der Waals surface area contributed by atoms with Crippen LogP contribution in [0, 0.1) is 13.8 Å². The van der Waals surface area contributed by atoms with Crippen LogP contribution in [0.15, 0.2) is 36.4 Å². The van der Waals surface area contributed by atoms with Crippen molar-refractivity contribution in [2.24, 2.45) is 0 Å². The van der Waals surface area contributed by atoms with Crippen LogP contribution < -0.4 is 10.1 Å². The van der Waals surface area contributed by atoms with Gasteiger partial charge in [-0.1, -0.05) is 42.0 Å². The van der Waals surface area contributed by atoms with E-state index in [2.05, 4.69) is 29.4 Å². The second-order valence-electron chi connectivity index (χ2n) is 5.78. The summed E-state index contributed by atoms with van der Waals surface area (Å²) >= 11 is 1.48. The Morgan fingerprint density at radius 3 is 2.79 bits per heavy atom. The molecule has 1 N–H and O–H groups in total. The van der Waals surface area contributed by atoms with Crippen molar-refractivity contribution in [1.29, 1.82) is 0 Å². The van der Waals surface area contributed by atoms with E-state index in [-0.39, 0.29) is 12.5 Å². The quantitative estimate of drug-likeness (QED) is 0.744. The molecule has 0 atom stereocenters. The number of nitrogens with zero attached hydrogens (tertiary/aromatic N) is 1. The van der Waals surface area contributed by atoms with Crippen molar-refractivity contribution in [3.05, 3.63) is 53.1 Å². The summed E-state index contributed by atoms with van der Waals surface area (Å²) in [4.78, 5) is 16.5. The van der Waals surface area contributed by atoms with E-state index in [4.69, 9.17) is 4.74 Å². The number of carbonyl (C=O) groups is 1. The largest absolute Gasteiger partial charge is 0.483 e. The lowest BCUT2D eigenvalue weighted by Gasteiger charge is -2.09. The molecule has 3 aromatic rings. The van der Waals surface area contributed by atoms with Crippen LogP contribution in [-0.4, -0.2) is 17.5 Å². The van der Waals surface area contributed by atoms with E-state index >= 15 is 0 Å². The molecule has 0 saturated heterocycles. The fourth-order valence-corrected chi connectivity index (χ4v) is 3.45. The Morgan fingerprint density at radius 2 is 2.04 bits per heavy atom. The monoisotopic (exact) mass is 340 g/mol. The summed E-state index contributed by atoms with van der Waals surface area (Å²) in [5, 5.41) is 3.42. The van der Waals surface area contributed by atoms with Crippen molar-refractivity contribution in [3.8, 4) is 5.75 Å². The minimum absolute atomic E-state index is 0.0277. The highest BCUT2D eigenvalue weighted by Crippen LogP contribution is 2.27. The van der Waals surface area contributed by atoms with Gasteiger partial charge in [-0.3, -0.25) is 10.1 Å². The lowest BCUT2D eigenvalue weighted by atomic mass is 10.1. The maximum Gasteiger partial charge on any atom is 0.264 e. The molecule has 0 bridgehead atoms. The maximum atomic E-state index is 12.1. The highest BCUT2D eigenvalue weighted by Gasteiger charge is 2.10. The number of carbonyl (C=O) groups excluding carboxylic acids is 1. The minimum Gasteiger partial charge on any atom is -0.483 e. The number of aryl methyl sites for hydroxylation is 3. The molecule has 0 spiro atoms. The van der Waals surface area contributed by atoms with Gasteiger partial charge in [-0.15, -0.1) is 0 Å². The van der Waals surface area contributed by atoms with Gasteiger partial charge in [0, 0.05) is 0 Å². The zero-order chi connectivity index (χ0) is 17.1. The van der Waals surface area contributed by atoms with Crippen molar-refractivity contribution in [3.63, 3.8) is 0 Å². The molecule has 5 heteroatoms. The van der Waals surface area contributed by atoms with Crippen molar-refractivity contribution in [2.45, 2.75) is 27.2 Å². The van der Waals surface area contributed by atoms with E-state index in [1.54, 1.807) is 0 Å². The van der Waals surface area contributed by atoms with Crippen LogP contribution in [0.5, 0.6) is 5.75 Å². The van der Waals surface area contributed by atoms with Crippen molar-refractivity contribution in [1.82, 2.24) is 4.98 Å². The van der Waals surface area contributed by atoms with Crippen LogP contribution >= 0.6 is 11.3 Å². The Balaban J connectivity index is 1.64. The van der Waals surface area contributed by atoms with Crippen LogP contribution in [0.4, 0.5) is 5.13 Å². The number of fused-ring (bicyclic) bond motifs is 1. The summed E-state index contributed by atoms with van der Waals surface area (Å²) in [6.07, 6.45) is 0.985. The average Bonchev–Trinajstić information content (AvgIpc) is 2.95. The minimum atomic E-state index is -0.204. The Bertz CT molecular complexity index is 886. The predicted molar refractivity (Wildman–Crippen MR) is 99.0 cm³/mol. The molecule has 0 saturated carbocycles. The first kappa shape index (κ1) is 16.5. The molecule has 0 unspecified atom stereocenters. The van der Waals surface area contributed by atoms with Crippen LogP contribution in [0.25, 0.3) is 10.2 Å². The summed E-state index contributed by atoms with van der Waals surface area (Å²) in [7, 11) is 0. The lowest BCUT2D eigenvalue weighted by Crippen LogP contribution is -2.20. The third-order valence-corrected chi connectivity index (χ3v) is 4.73. The van der Waals surface area contributed by atoms with Crippen LogP contribution in [0.1, 0.15) is 23.6 Å². The normalized spacial score (nSPS) is 10.8. The highest BCUT2D eigenvalue weighted by atomic mass is 32.1. The standard InChI is InChI=1S/C19H20N2O2S/c1-4-14-6-7-15-17(10-14)24-19(20-15)21-18(22)11-23-16-8-5-12(2)9-13(16)3/h5-10H,4,11H2,1-3H3,(H,20,21,22). The topological polar surface area (TPSA) is 51.2 Å². The zero-order valence-corrected chi connectivity index (χ0v) is 14.9. The molecule has 2 aromatic carbocycles. The number of benzene rings is 2. The van der Waals surface area contributed by atoms with Crippen LogP contribution in [0.3, 0.4) is 0 Å². The molecule has 3 rings (SSSR count). The first-order valence-electron chi connectivity index (χ1n) is 7.94. The van der Waals surface area contributed by atoms with Crippen molar-refractivity contribution >= 4 is 32.6 Å². The molecular formula is C19H20N2O2S. The molecule has 0 aliphatic rings. The number of nitrogens with one attached hydrogen (secondary N) is 1. The van der Waals surface area contributed by atoms with Gasteiger partial charge in [0.1, 0.15) is 5.75 Å². The molecule has 24 heavy (non-hydrogen) atoms. The number of hydrogen-bond donors (Lipinski definition) is 1. The Hall–Kier alpha value is -2.40. The fourth-order valence-electron chi connectivity index (χ4n) is 2.50. The Morgan fingerprint density at radius 1 is 1.21 bits per heavy atom. The second-order valence-corrected chi connectivity index (χ2v) is 6.81. The summed E-state index contributed by atoms with van der Waals surface area (Å²) in [6, 6.07) is 12.1. The molecule has 124 valence electrons. The van der Waals surface area contributed by atoms with Crippen LogP contribution in [0.2, 0.25) is 0 Å². The van der Waals surface area contributed by atoms with E-state index < -0.39 is 0 Å². The van der Waals surface area contributed by atoms with Crippen LogP contribution in [-0.2, 0) is 11.2 Å². The first-order chi connectivity index (χ1) is 11.5. The van der Waals surface area contributed by atoms with Crippen molar-refractivity contribution < 1.29 is 9.53 Å². The van der Waals surface area contributed by atoms with Gasteiger partial charge in [-0.2, -0.15) is 0 Å². The lowest BCUT2D eigenvalue weighted by molar-refractivity contribution is -0.118. The predicted octanol–water partition coefficient (Wildman–Crippen LogP) is 4.49. The molecule has 0 radical (unpaired) electrons. The van der Waals surface area contributed by atoms with E-state index in [1.165, 1.54) is 22.5 Å². The van der Waals surface area contributed by atoms with E-state index in [9.17, 15) is 4.79 Å². The Kier molecular flexibility index (Phi) is 4.81. The summed E-state index contributed by atoms with van der Waals surface area (Å²) in [6.45, 7) is 6.09. The van der Waals surface area contributed by atoms with E-state index in [1.807, 2.05) is 38.1 Å². The molecule has 0 aliphatic carbocycles. The van der Waals surface area contributed by atoms with Gasteiger partial charge in [0.15, 0.2) is 11.7 Å². The molecule has 0 aliphatic heterocycles. The second kappa shape index (κ2) is 7.01. The van der Waals surface area contributed by atoms with Gasteiger partial charge in [-0.05, 0) is 49.6 Å². The van der Waals surface area contributed by atoms with Gasteiger partial charge in [0.2, 0.25) is 0 Å². The molecule has 1 aromatic heterocycles. The van der Waals surface area contributed by atoms with Gasteiger partial charge in [0.05, 0.1) is 10.2 Å². The summed E-state index contributed by atoms with van der Waals surface area (Å²) in [5.74, 6) is 0.525. The first-order valence-corrected chi connectivity index (χ1v) is 8.76. The number of aromatic nitrogens is 1. The number of amides is 1. The smallest absolute Gasteiger partial charge is 0.264 e. The Labute approximate surface area is 145 Å². The summed E-state index contributed by atoms with van der Waals surface area (Å²) in [5.41, 5.74) is 4.37.